The number of hydrogen-bond donors (Lipinski definition) is 2. The minimum atomic E-state index is -3.37. The Bertz CT molecular complexity index is 924. The molecular formula is C18H27N7O2S. The van der Waals surface area contributed by atoms with E-state index >= 15 is 0 Å². The van der Waals surface area contributed by atoms with E-state index in [2.05, 4.69) is 25.8 Å². The number of guanidine groups is 1. The fourth-order valence-corrected chi connectivity index (χ4v) is 4.69. The molecule has 0 aliphatic carbocycles. The first kappa shape index (κ1) is 20.1. The van der Waals surface area contributed by atoms with Crippen LogP contribution in [0.2, 0.25) is 0 Å². The summed E-state index contributed by atoms with van der Waals surface area (Å²) in [4.78, 5) is 4.15. The molecule has 2 aromatic rings. The predicted molar refractivity (Wildman–Crippen MR) is 110 cm³/mol. The lowest BCUT2D eigenvalue weighted by Crippen LogP contribution is -2.42. The van der Waals surface area contributed by atoms with Gasteiger partial charge in [-0.25, -0.2) is 8.42 Å². The number of aromatic nitrogens is 3. The van der Waals surface area contributed by atoms with Crippen molar-refractivity contribution in [1.82, 2.24) is 25.4 Å². The van der Waals surface area contributed by atoms with Crippen molar-refractivity contribution in [1.29, 1.82) is 0 Å². The van der Waals surface area contributed by atoms with Gasteiger partial charge in [-0.05, 0) is 18.1 Å². The van der Waals surface area contributed by atoms with Crippen LogP contribution in [0.1, 0.15) is 18.3 Å². The van der Waals surface area contributed by atoms with E-state index in [9.17, 15) is 8.42 Å². The highest BCUT2D eigenvalue weighted by atomic mass is 32.2. The van der Waals surface area contributed by atoms with E-state index < -0.39 is 10.0 Å². The van der Waals surface area contributed by atoms with Gasteiger partial charge in [-0.15, -0.1) is 10.2 Å². The third kappa shape index (κ3) is 4.61. The lowest BCUT2D eigenvalue weighted by atomic mass is 10.2. The van der Waals surface area contributed by atoms with Crippen molar-refractivity contribution in [3.8, 4) is 0 Å². The Morgan fingerprint density at radius 3 is 2.82 bits per heavy atom. The number of aryl methyl sites for hydroxylation is 1. The van der Waals surface area contributed by atoms with Crippen LogP contribution < -0.4 is 14.9 Å². The van der Waals surface area contributed by atoms with E-state index in [4.69, 9.17) is 0 Å². The normalized spacial score (nSPS) is 14.2. The molecule has 0 saturated carbocycles. The number of para-hydroxylation sites is 1. The van der Waals surface area contributed by atoms with Gasteiger partial charge in [0.05, 0.1) is 11.4 Å². The molecule has 1 aromatic carbocycles. The molecule has 28 heavy (non-hydrogen) atoms. The number of nitrogens with zero attached hydrogens (tertiary/aromatic N) is 5. The van der Waals surface area contributed by atoms with Crippen molar-refractivity contribution in [2.45, 2.75) is 26.3 Å². The van der Waals surface area contributed by atoms with Crippen LogP contribution in [0.4, 0.5) is 5.69 Å². The molecule has 152 valence electrons. The second kappa shape index (κ2) is 9.05. The fraction of sp³-hybridized carbons (Fsp3) is 0.500. The second-order valence-electron chi connectivity index (χ2n) is 6.49. The molecule has 3 rings (SSSR count). The average molecular weight is 406 g/mol. The molecule has 0 atom stereocenters. The molecule has 0 amide bonds. The van der Waals surface area contributed by atoms with Crippen LogP contribution in [0, 0.1) is 0 Å². The monoisotopic (exact) mass is 405 g/mol. The molecule has 0 fully saturated rings. The molecule has 1 aromatic heterocycles. The highest BCUT2D eigenvalue weighted by Gasteiger charge is 2.28. The molecule has 2 N–H and O–H groups in total. The molecule has 10 heteroatoms. The Morgan fingerprint density at radius 2 is 2.04 bits per heavy atom. The van der Waals surface area contributed by atoms with Gasteiger partial charge in [-0.2, -0.15) is 0 Å². The van der Waals surface area contributed by atoms with Gasteiger partial charge in [0.25, 0.3) is 0 Å². The molecular weight excluding hydrogens is 378 g/mol. The van der Waals surface area contributed by atoms with Gasteiger partial charge >= 0.3 is 0 Å². The Hall–Kier alpha value is -2.62. The number of anilines is 1. The fourth-order valence-electron chi connectivity index (χ4n) is 3.26. The molecule has 2 heterocycles. The first-order chi connectivity index (χ1) is 13.5. The zero-order valence-electron chi connectivity index (χ0n) is 16.3. The number of benzene rings is 1. The van der Waals surface area contributed by atoms with Crippen molar-refractivity contribution in [2.75, 3.05) is 36.7 Å². The van der Waals surface area contributed by atoms with Crippen molar-refractivity contribution in [2.24, 2.45) is 4.99 Å². The van der Waals surface area contributed by atoms with Crippen LogP contribution in [-0.4, -0.2) is 61.6 Å². The largest absolute Gasteiger partial charge is 0.355 e. The van der Waals surface area contributed by atoms with Crippen LogP contribution in [0.5, 0.6) is 0 Å². The van der Waals surface area contributed by atoms with Crippen molar-refractivity contribution in [3.63, 3.8) is 0 Å². The van der Waals surface area contributed by atoms with Crippen LogP contribution in [-0.2, 0) is 29.4 Å². The molecule has 0 unspecified atom stereocenters. The van der Waals surface area contributed by atoms with E-state index in [1.54, 1.807) is 13.4 Å². The van der Waals surface area contributed by atoms with Gasteiger partial charge in [0.15, 0.2) is 5.96 Å². The van der Waals surface area contributed by atoms with Crippen molar-refractivity contribution in [3.05, 3.63) is 42.0 Å². The van der Waals surface area contributed by atoms with Gasteiger partial charge < -0.3 is 15.2 Å². The molecule has 0 bridgehead atoms. The van der Waals surface area contributed by atoms with Gasteiger partial charge in [-0.3, -0.25) is 9.30 Å². The summed E-state index contributed by atoms with van der Waals surface area (Å²) >= 11 is 0. The lowest BCUT2D eigenvalue weighted by molar-refractivity contribution is 0.590. The summed E-state index contributed by atoms with van der Waals surface area (Å²) in [5.74, 6) is 1.51. The number of fused-ring (bicyclic) bond motifs is 1. The van der Waals surface area contributed by atoms with Crippen LogP contribution in [0.25, 0.3) is 0 Å². The molecule has 9 nitrogen and oxygen atoms in total. The minimum Gasteiger partial charge on any atom is -0.355 e. The molecule has 0 spiro atoms. The Labute approximate surface area is 165 Å². The summed E-state index contributed by atoms with van der Waals surface area (Å²) in [5, 5.41) is 14.2. The lowest BCUT2D eigenvalue weighted by Gasteiger charge is -2.20. The highest BCUT2D eigenvalue weighted by molar-refractivity contribution is 7.92. The quantitative estimate of drug-likeness (QED) is 0.487. The van der Waals surface area contributed by atoms with E-state index in [-0.39, 0.29) is 12.3 Å². The summed E-state index contributed by atoms with van der Waals surface area (Å²) in [6.45, 7) is 4.17. The first-order valence-electron chi connectivity index (χ1n) is 9.44. The van der Waals surface area contributed by atoms with E-state index in [1.807, 2.05) is 35.8 Å². The number of nitrogens with one attached hydrogen (secondary N) is 2. The third-order valence-electron chi connectivity index (χ3n) is 4.71. The van der Waals surface area contributed by atoms with Crippen LogP contribution in [0.3, 0.4) is 0 Å². The SMILES string of the molecule is CCc1nncn1CCNC(=NC)NCCS(=O)(=O)N1CCc2ccccc21. The standard InChI is InChI=1S/C18H27N7O2S/c1-3-17-23-22-14-24(17)12-9-20-18(19-2)21-10-13-28(26,27)25-11-8-15-6-4-5-7-16(15)25/h4-7,14H,3,8-13H2,1-2H3,(H2,19,20,21). The number of hydrogen-bond acceptors (Lipinski definition) is 5. The molecule has 1 aliphatic rings. The highest BCUT2D eigenvalue weighted by Crippen LogP contribution is 2.29. The van der Waals surface area contributed by atoms with E-state index in [0.717, 1.165) is 29.9 Å². The number of aliphatic imine (C=N–C) groups is 1. The maximum atomic E-state index is 12.7. The summed E-state index contributed by atoms with van der Waals surface area (Å²) in [7, 11) is -1.71. The van der Waals surface area contributed by atoms with Gasteiger partial charge in [0.2, 0.25) is 10.0 Å². The van der Waals surface area contributed by atoms with Crippen molar-refractivity contribution >= 4 is 21.7 Å². The zero-order chi connectivity index (χ0) is 20.0. The second-order valence-corrected chi connectivity index (χ2v) is 8.50. The summed E-state index contributed by atoms with van der Waals surface area (Å²) in [6, 6.07) is 7.66. The summed E-state index contributed by atoms with van der Waals surface area (Å²) < 4.78 is 28.9. The predicted octanol–water partition coefficient (Wildman–Crippen LogP) is 0.398. The Kier molecular flexibility index (Phi) is 6.50. The molecule has 1 aliphatic heterocycles. The number of rotatable bonds is 8. The Balaban J connectivity index is 1.46. The maximum absolute atomic E-state index is 12.7. The molecule has 0 radical (unpaired) electrons. The van der Waals surface area contributed by atoms with Crippen LogP contribution in [0.15, 0.2) is 35.6 Å². The average Bonchev–Trinajstić information content (AvgIpc) is 3.33. The summed E-state index contributed by atoms with van der Waals surface area (Å²) in [6.07, 6.45) is 3.29. The van der Waals surface area contributed by atoms with Crippen molar-refractivity contribution < 1.29 is 8.42 Å². The molecule has 0 saturated heterocycles. The van der Waals surface area contributed by atoms with Crippen LogP contribution >= 0.6 is 0 Å². The smallest absolute Gasteiger partial charge is 0.236 e. The van der Waals surface area contributed by atoms with Gasteiger partial charge in [0, 0.05) is 39.6 Å². The minimum absolute atomic E-state index is 0.00740. The first-order valence-corrected chi connectivity index (χ1v) is 11.1. The van der Waals surface area contributed by atoms with Gasteiger partial charge in [-0.1, -0.05) is 25.1 Å². The third-order valence-corrected chi connectivity index (χ3v) is 6.48. The zero-order valence-corrected chi connectivity index (χ0v) is 17.1. The van der Waals surface area contributed by atoms with Gasteiger partial charge in [0.1, 0.15) is 12.2 Å². The van der Waals surface area contributed by atoms with E-state index in [0.29, 0.717) is 25.6 Å². The summed E-state index contributed by atoms with van der Waals surface area (Å²) in [5.41, 5.74) is 1.88. The Morgan fingerprint density at radius 1 is 1.25 bits per heavy atom. The number of sulfonamides is 1. The topological polar surface area (TPSA) is 105 Å². The maximum Gasteiger partial charge on any atom is 0.236 e. The van der Waals surface area contributed by atoms with E-state index in [1.165, 1.54) is 4.31 Å².